The van der Waals surface area contributed by atoms with Gasteiger partial charge in [-0.15, -0.1) is 0 Å². The molecule has 0 spiro atoms. The number of carbonyl (C=O) groups excluding carboxylic acids is 2. The summed E-state index contributed by atoms with van der Waals surface area (Å²) in [6.45, 7) is 0. The number of nitrogens with zero attached hydrogens (tertiary/aromatic N) is 1. The number of nitrogen functional groups attached to an aromatic ring is 1. The Hall–Kier alpha value is -2.11. The zero-order valence-corrected chi connectivity index (χ0v) is 8.28. The van der Waals surface area contributed by atoms with E-state index in [9.17, 15) is 9.59 Å². The minimum absolute atomic E-state index is 0.0323. The average Bonchev–Trinajstić information content (AvgIpc) is 2.16. The monoisotopic (exact) mass is 208 g/mol. The molecule has 0 aromatic carbocycles. The standard InChI is InChI=1S/C9H12N4O2/c1-12-9(15)7-5(4-6(10)14)2-3-13-8(7)11/h2-3H,4H2,1H3,(H2,10,14)(H2,11,13)(H,12,15). The molecular formula is C9H12N4O2. The van der Waals surface area contributed by atoms with E-state index in [4.69, 9.17) is 11.5 Å². The van der Waals surface area contributed by atoms with Crippen molar-refractivity contribution in [3.05, 3.63) is 23.4 Å². The van der Waals surface area contributed by atoms with Crippen molar-refractivity contribution in [3.8, 4) is 0 Å². The van der Waals surface area contributed by atoms with E-state index in [0.29, 0.717) is 5.56 Å². The molecule has 0 radical (unpaired) electrons. The van der Waals surface area contributed by atoms with Crippen molar-refractivity contribution in [2.75, 3.05) is 12.8 Å². The van der Waals surface area contributed by atoms with Gasteiger partial charge in [0.2, 0.25) is 5.91 Å². The number of pyridine rings is 1. The first-order valence-electron chi connectivity index (χ1n) is 4.30. The second kappa shape index (κ2) is 4.41. The highest BCUT2D eigenvalue weighted by molar-refractivity contribution is 6.00. The number of rotatable bonds is 3. The average molecular weight is 208 g/mol. The molecular weight excluding hydrogens is 196 g/mol. The lowest BCUT2D eigenvalue weighted by molar-refractivity contribution is -0.117. The molecule has 0 aliphatic heterocycles. The summed E-state index contributed by atoms with van der Waals surface area (Å²) < 4.78 is 0. The van der Waals surface area contributed by atoms with Crippen molar-refractivity contribution in [1.29, 1.82) is 0 Å². The van der Waals surface area contributed by atoms with E-state index in [1.165, 1.54) is 13.2 Å². The fourth-order valence-corrected chi connectivity index (χ4v) is 1.24. The first-order valence-corrected chi connectivity index (χ1v) is 4.30. The van der Waals surface area contributed by atoms with Gasteiger partial charge in [-0.3, -0.25) is 9.59 Å². The maximum atomic E-state index is 11.5. The third-order valence-corrected chi connectivity index (χ3v) is 1.89. The molecule has 1 heterocycles. The molecule has 0 atom stereocenters. The van der Waals surface area contributed by atoms with Gasteiger partial charge in [-0.2, -0.15) is 0 Å². The number of aromatic nitrogens is 1. The Balaban J connectivity index is 3.20. The van der Waals surface area contributed by atoms with Crippen LogP contribution in [0.15, 0.2) is 12.3 Å². The number of primary amides is 1. The van der Waals surface area contributed by atoms with Gasteiger partial charge >= 0.3 is 0 Å². The van der Waals surface area contributed by atoms with E-state index in [0.717, 1.165) is 0 Å². The molecule has 0 fully saturated rings. The first-order chi connectivity index (χ1) is 7.06. The van der Waals surface area contributed by atoms with E-state index >= 15 is 0 Å². The summed E-state index contributed by atoms with van der Waals surface area (Å²) in [4.78, 5) is 26.0. The Morgan fingerprint density at radius 2 is 2.20 bits per heavy atom. The van der Waals surface area contributed by atoms with Gasteiger partial charge in [0.25, 0.3) is 5.91 Å². The van der Waals surface area contributed by atoms with Crippen molar-refractivity contribution in [1.82, 2.24) is 10.3 Å². The first kappa shape index (κ1) is 11.0. The summed E-state index contributed by atoms with van der Waals surface area (Å²) in [6.07, 6.45) is 1.40. The second-order valence-electron chi connectivity index (χ2n) is 2.95. The molecule has 0 unspecified atom stereocenters. The second-order valence-corrected chi connectivity index (χ2v) is 2.95. The van der Waals surface area contributed by atoms with Gasteiger partial charge in [0.15, 0.2) is 0 Å². The quantitative estimate of drug-likeness (QED) is 0.594. The zero-order chi connectivity index (χ0) is 11.4. The third-order valence-electron chi connectivity index (χ3n) is 1.89. The highest BCUT2D eigenvalue weighted by Crippen LogP contribution is 2.14. The van der Waals surface area contributed by atoms with Crippen LogP contribution in [-0.4, -0.2) is 23.8 Å². The predicted molar refractivity (Wildman–Crippen MR) is 54.9 cm³/mol. The molecule has 0 aliphatic carbocycles. The van der Waals surface area contributed by atoms with E-state index in [1.54, 1.807) is 6.07 Å². The normalized spacial score (nSPS) is 9.67. The van der Waals surface area contributed by atoms with Crippen LogP contribution in [0.25, 0.3) is 0 Å². The number of nitrogens with one attached hydrogen (secondary N) is 1. The summed E-state index contributed by atoms with van der Waals surface area (Å²) in [6, 6.07) is 1.55. The molecule has 6 nitrogen and oxygen atoms in total. The number of anilines is 1. The number of nitrogens with two attached hydrogens (primary N) is 2. The SMILES string of the molecule is CNC(=O)c1c(CC(N)=O)ccnc1N. The molecule has 0 bridgehead atoms. The van der Waals surface area contributed by atoms with Gasteiger partial charge in [-0.05, 0) is 11.6 Å². The summed E-state index contributed by atoms with van der Waals surface area (Å²) in [5.41, 5.74) is 11.3. The van der Waals surface area contributed by atoms with Crippen molar-refractivity contribution < 1.29 is 9.59 Å². The lowest BCUT2D eigenvalue weighted by Crippen LogP contribution is -2.24. The van der Waals surface area contributed by atoms with Crippen LogP contribution in [0.5, 0.6) is 0 Å². The minimum atomic E-state index is -0.522. The van der Waals surface area contributed by atoms with Crippen LogP contribution >= 0.6 is 0 Å². The van der Waals surface area contributed by atoms with E-state index < -0.39 is 5.91 Å². The van der Waals surface area contributed by atoms with Crippen molar-refractivity contribution in [3.63, 3.8) is 0 Å². The van der Waals surface area contributed by atoms with Gasteiger partial charge < -0.3 is 16.8 Å². The Labute approximate surface area is 86.7 Å². The van der Waals surface area contributed by atoms with Gasteiger partial charge in [-0.1, -0.05) is 0 Å². The summed E-state index contributed by atoms with van der Waals surface area (Å²) in [5.74, 6) is -0.810. The fourth-order valence-electron chi connectivity index (χ4n) is 1.24. The summed E-state index contributed by atoms with van der Waals surface area (Å²) in [5, 5.41) is 2.42. The van der Waals surface area contributed by atoms with Gasteiger partial charge in [0.1, 0.15) is 5.82 Å². The molecule has 1 aromatic heterocycles. The third kappa shape index (κ3) is 2.43. The molecule has 80 valence electrons. The number of amides is 2. The van der Waals surface area contributed by atoms with Crippen LogP contribution in [0.1, 0.15) is 15.9 Å². The van der Waals surface area contributed by atoms with E-state index in [1.807, 2.05) is 0 Å². The van der Waals surface area contributed by atoms with Gasteiger partial charge in [0.05, 0.1) is 12.0 Å². The van der Waals surface area contributed by atoms with Crippen LogP contribution in [0, 0.1) is 0 Å². The number of hydrogen-bond donors (Lipinski definition) is 3. The molecule has 15 heavy (non-hydrogen) atoms. The maximum Gasteiger partial charge on any atom is 0.255 e. The van der Waals surface area contributed by atoms with Crippen molar-refractivity contribution >= 4 is 17.6 Å². The highest BCUT2D eigenvalue weighted by atomic mass is 16.2. The molecule has 2 amide bonds. The largest absolute Gasteiger partial charge is 0.383 e. The topological polar surface area (TPSA) is 111 Å². The van der Waals surface area contributed by atoms with Gasteiger partial charge in [0, 0.05) is 13.2 Å². The molecule has 1 rings (SSSR count). The van der Waals surface area contributed by atoms with Crippen LogP contribution in [0.4, 0.5) is 5.82 Å². The molecule has 6 heteroatoms. The number of hydrogen-bond acceptors (Lipinski definition) is 4. The Morgan fingerprint density at radius 3 is 2.73 bits per heavy atom. The summed E-state index contributed by atoms with van der Waals surface area (Å²) in [7, 11) is 1.48. The lowest BCUT2D eigenvalue weighted by atomic mass is 10.1. The highest BCUT2D eigenvalue weighted by Gasteiger charge is 2.15. The molecule has 0 saturated heterocycles. The molecule has 5 N–H and O–H groups in total. The van der Waals surface area contributed by atoms with Gasteiger partial charge in [-0.25, -0.2) is 4.98 Å². The Morgan fingerprint density at radius 1 is 1.53 bits per heavy atom. The smallest absolute Gasteiger partial charge is 0.255 e. The van der Waals surface area contributed by atoms with Crippen molar-refractivity contribution in [2.45, 2.75) is 6.42 Å². The summed E-state index contributed by atoms with van der Waals surface area (Å²) >= 11 is 0. The molecule has 0 aliphatic rings. The van der Waals surface area contributed by atoms with Crippen molar-refractivity contribution in [2.24, 2.45) is 5.73 Å². The van der Waals surface area contributed by atoms with E-state index in [-0.39, 0.29) is 23.7 Å². The minimum Gasteiger partial charge on any atom is -0.383 e. The molecule has 1 aromatic rings. The van der Waals surface area contributed by atoms with Crippen LogP contribution in [0.2, 0.25) is 0 Å². The zero-order valence-electron chi connectivity index (χ0n) is 8.28. The van der Waals surface area contributed by atoms with Crippen LogP contribution in [-0.2, 0) is 11.2 Å². The lowest BCUT2D eigenvalue weighted by Gasteiger charge is -2.08. The predicted octanol–water partition coefficient (Wildman–Crippen LogP) is -0.949. The maximum absolute atomic E-state index is 11.5. The Bertz CT molecular complexity index is 403. The van der Waals surface area contributed by atoms with Crippen LogP contribution < -0.4 is 16.8 Å². The van der Waals surface area contributed by atoms with E-state index in [2.05, 4.69) is 10.3 Å². The number of carbonyl (C=O) groups is 2. The fraction of sp³-hybridized carbons (Fsp3) is 0.222. The van der Waals surface area contributed by atoms with Crippen LogP contribution in [0.3, 0.4) is 0 Å². The Kier molecular flexibility index (Phi) is 3.22. The molecule has 0 saturated carbocycles.